The molecule has 0 saturated carbocycles. The van der Waals surface area contributed by atoms with Gasteiger partial charge in [-0.15, -0.1) is 0 Å². The fourth-order valence-corrected chi connectivity index (χ4v) is 2.74. The average Bonchev–Trinajstić information content (AvgIpc) is 2.35. The number of nitrogens with zero attached hydrogens (tertiary/aromatic N) is 2. The van der Waals surface area contributed by atoms with E-state index >= 15 is 0 Å². The van der Waals surface area contributed by atoms with Crippen molar-refractivity contribution >= 4 is 15.7 Å². The van der Waals surface area contributed by atoms with Crippen LogP contribution in [0.2, 0.25) is 0 Å². The lowest BCUT2D eigenvalue weighted by atomic mass is 10.2. The first-order chi connectivity index (χ1) is 8.01. The molecule has 0 aromatic heterocycles. The van der Waals surface area contributed by atoms with E-state index in [1.165, 1.54) is 11.4 Å². The Morgan fingerprint density at radius 3 is 2.35 bits per heavy atom. The van der Waals surface area contributed by atoms with E-state index in [-0.39, 0.29) is 5.75 Å². The first-order valence-electron chi connectivity index (χ1n) is 5.48. The van der Waals surface area contributed by atoms with Crippen molar-refractivity contribution in [1.29, 1.82) is 5.26 Å². The number of anilines is 1. The Morgan fingerprint density at radius 1 is 1.29 bits per heavy atom. The molecule has 17 heavy (non-hydrogen) atoms. The van der Waals surface area contributed by atoms with Crippen LogP contribution < -0.4 is 4.31 Å². The first kappa shape index (κ1) is 13.5. The first-order valence-corrected chi connectivity index (χ1v) is 7.09. The second-order valence-corrected chi connectivity index (χ2v) is 5.92. The zero-order chi connectivity index (χ0) is 12.9. The maximum absolute atomic E-state index is 11.9. The molecule has 0 bridgehead atoms. The fraction of sp³-hybridized carbons (Fsp3) is 0.417. The fourth-order valence-electron chi connectivity index (χ4n) is 1.37. The zero-order valence-electron chi connectivity index (χ0n) is 10.0. The van der Waals surface area contributed by atoms with Gasteiger partial charge in [-0.05, 0) is 30.7 Å². The lowest BCUT2D eigenvalue weighted by molar-refractivity contribution is 0.591. The smallest absolute Gasteiger partial charge is 0.234 e. The van der Waals surface area contributed by atoms with Gasteiger partial charge in [0.1, 0.15) is 0 Å². The summed E-state index contributed by atoms with van der Waals surface area (Å²) in [5.74, 6) is 0.153. The number of hydrogen-bond acceptors (Lipinski definition) is 3. The predicted octanol–water partition coefficient (Wildman–Crippen LogP) is 2.12. The average molecular weight is 252 g/mol. The number of unbranched alkanes of at least 4 members (excludes halogenated alkanes) is 1. The molecule has 92 valence electrons. The Balaban J connectivity index is 2.88. The molecule has 4 nitrogen and oxygen atoms in total. The van der Waals surface area contributed by atoms with Crippen LogP contribution in [0, 0.1) is 11.3 Å². The zero-order valence-corrected chi connectivity index (χ0v) is 10.9. The lowest BCUT2D eigenvalue weighted by Crippen LogP contribution is -2.28. The highest BCUT2D eigenvalue weighted by atomic mass is 32.2. The summed E-state index contributed by atoms with van der Waals surface area (Å²) in [6, 6.07) is 8.50. The summed E-state index contributed by atoms with van der Waals surface area (Å²) < 4.78 is 25.1. The second kappa shape index (κ2) is 5.69. The van der Waals surface area contributed by atoms with Crippen LogP contribution in [0.15, 0.2) is 24.3 Å². The largest absolute Gasteiger partial charge is 0.273 e. The Hall–Kier alpha value is -1.54. The molecule has 0 amide bonds. The van der Waals surface area contributed by atoms with Crippen molar-refractivity contribution < 1.29 is 8.42 Å². The molecule has 0 spiro atoms. The lowest BCUT2D eigenvalue weighted by Gasteiger charge is -2.19. The van der Waals surface area contributed by atoms with Gasteiger partial charge in [0.05, 0.1) is 23.1 Å². The molecule has 5 heteroatoms. The summed E-state index contributed by atoms with van der Waals surface area (Å²) in [5, 5.41) is 8.66. The van der Waals surface area contributed by atoms with E-state index in [4.69, 9.17) is 5.26 Å². The van der Waals surface area contributed by atoms with Crippen LogP contribution in [0.4, 0.5) is 5.69 Å². The van der Waals surface area contributed by atoms with Gasteiger partial charge in [0.2, 0.25) is 10.0 Å². The third kappa shape index (κ3) is 3.46. The van der Waals surface area contributed by atoms with Crippen LogP contribution in [0.1, 0.15) is 25.3 Å². The van der Waals surface area contributed by atoms with Crippen LogP contribution >= 0.6 is 0 Å². The normalized spacial score (nSPS) is 10.9. The summed E-state index contributed by atoms with van der Waals surface area (Å²) in [5.41, 5.74) is 1.10. The molecule has 0 fully saturated rings. The van der Waals surface area contributed by atoms with Crippen LogP contribution in [0.5, 0.6) is 0 Å². The Bertz CT molecular complexity index is 500. The molecule has 1 rings (SSSR count). The second-order valence-electron chi connectivity index (χ2n) is 3.80. The van der Waals surface area contributed by atoms with E-state index in [0.29, 0.717) is 17.7 Å². The molecule has 0 radical (unpaired) electrons. The van der Waals surface area contributed by atoms with Gasteiger partial charge in [-0.3, -0.25) is 4.31 Å². The van der Waals surface area contributed by atoms with E-state index < -0.39 is 10.0 Å². The molecule has 1 aromatic carbocycles. The molecule has 0 aliphatic carbocycles. The van der Waals surface area contributed by atoms with Gasteiger partial charge in [0, 0.05) is 7.05 Å². The van der Waals surface area contributed by atoms with Gasteiger partial charge < -0.3 is 0 Å². The third-order valence-electron chi connectivity index (χ3n) is 2.53. The molecular weight excluding hydrogens is 236 g/mol. The Morgan fingerprint density at radius 2 is 1.88 bits per heavy atom. The topological polar surface area (TPSA) is 61.2 Å². The maximum atomic E-state index is 11.9. The van der Waals surface area contributed by atoms with Gasteiger partial charge in [0.25, 0.3) is 0 Å². The van der Waals surface area contributed by atoms with E-state index in [9.17, 15) is 8.42 Å². The Kier molecular flexibility index (Phi) is 4.53. The van der Waals surface area contributed by atoms with Gasteiger partial charge in [-0.2, -0.15) is 5.26 Å². The van der Waals surface area contributed by atoms with Crippen LogP contribution in [0.3, 0.4) is 0 Å². The summed E-state index contributed by atoms with van der Waals surface area (Å²) in [7, 11) is -1.71. The monoisotopic (exact) mass is 252 g/mol. The molecule has 0 aliphatic rings. The number of nitriles is 1. The number of hydrogen-bond donors (Lipinski definition) is 0. The van der Waals surface area contributed by atoms with E-state index in [1.54, 1.807) is 24.3 Å². The van der Waals surface area contributed by atoms with Crippen LogP contribution in [-0.2, 0) is 10.0 Å². The van der Waals surface area contributed by atoms with Gasteiger partial charge >= 0.3 is 0 Å². The third-order valence-corrected chi connectivity index (χ3v) is 4.38. The van der Waals surface area contributed by atoms with Crippen molar-refractivity contribution in [2.24, 2.45) is 0 Å². The molecule has 1 aromatic rings. The summed E-state index contributed by atoms with van der Waals surface area (Å²) in [6.07, 6.45) is 1.50. The summed E-state index contributed by atoms with van der Waals surface area (Å²) >= 11 is 0. The number of rotatable bonds is 5. The van der Waals surface area contributed by atoms with Crippen molar-refractivity contribution in [3.63, 3.8) is 0 Å². The van der Waals surface area contributed by atoms with Gasteiger partial charge in [0.15, 0.2) is 0 Å². The van der Waals surface area contributed by atoms with Crippen molar-refractivity contribution in [2.75, 3.05) is 17.1 Å². The van der Waals surface area contributed by atoms with Gasteiger partial charge in [-0.25, -0.2) is 8.42 Å². The summed E-state index contributed by atoms with van der Waals surface area (Å²) in [6.45, 7) is 1.96. The quantitative estimate of drug-likeness (QED) is 0.806. The van der Waals surface area contributed by atoms with E-state index in [2.05, 4.69) is 0 Å². The maximum Gasteiger partial charge on any atom is 0.234 e. The van der Waals surface area contributed by atoms with Crippen molar-refractivity contribution in [3.8, 4) is 6.07 Å². The SMILES string of the molecule is CCCCS(=O)(=O)N(C)c1ccc(C#N)cc1. The molecule has 0 saturated heterocycles. The number of sulfonamides is 1. The van der Waals surface area contributed by atoms with Gasteiger partial charge in [-0.1, -0.05) is 13.3 Å². The van der Waals surface area contributed by atoms with E-state index in [0.717, 1.165) is 6.42 Å². The van der Waals surface area contributed by atoms with Crippen LogP contribution in [-0.4, -0.2) is 21.2 Å². The molecular formula is C12H16N2O2S. The molecule has 0 atom stereocenters. The van der Waals surface area contributed by atoms with Crippen molar-refractivity contribution in [1.82, 2.24) is 0 Å². The number of benzene rings is 1. The molecule has 0 N–H and O–H groups in total. The van der Waals surface area contributed by atoms with Crippen molar-refractivity contribution in [3.05, 3.63) is 29.8 Å². The Labute approximate surface area is 103 Å². The molecule has 0 aliphatic heterocycles. The predicted molar refractivity (Wildman–Crippen MR) is 68.3 cm³/mol. The van der Waals surface area contributed by atoms with Crippen LogP contribution in [0.25, 0.3) is 0 Å². The highest BCUT2D eigenvalue weighted by Crippen LogP contribution is 2.17. The standard InChI is InChI=1S/C12H16N2O2S/c1-3-4-9-17(15,16)14(2)12-7-5-11(10-13)6-8-12/h5-8H,3-4,9H2,1-2H3. The summed E-state index contributed by atoms with van der Waals surface area (Å²) in [4.78, 5) is 0. The molecule has 0 heterocycles. The molecule has 0 unspecified atom stereocenters. The highest BCUT2D eigenvalue weighted by molar-refractivity contribution is 7.92. The minimum absolute atomic E-state index is 0.153. The highest BCUT2D eigenvalue weighted by Gasteiger charge is 2.17. The van der Waals surface area contributed by atoms with Crippen molar-refractivity contribution in [2.45, 2.75) is 19.8 Å². The minimum atomic E-state index is -3.24. The minimum Gasteiger partial charge on any atom is -0.273 e. The van der Waals surface area contributed by atoms with E-state index in [1.807, 2.05) is 13.0 Å².